The van der Waals surface area contributed by atoms with Crippen molar-refractivity contribution in [3.05, 3.63) is 53.6 Å². The van der Waals surface area contributed by atoms with Crippen molar-refractivity contribution in [1.29, 1.82) is 0 Å². The lowest BCUT2D eigenvalue weighted by molar-refractivity contribution is -0.122. The second-order valence-corrected chi connectivity index (χ2v) is 5.98. The van der Waals surface area contributed by atoms with Crippen LogP contribution in [-0.4, -0.2) is 25.5 Å². The number of nitrogens with zero attached hydrogens (tertiary/aromatic N) is 1. The summed E-state index contributed by atoms with van der Waals surface area (Å²) in [6, 6.07) is 14.2. The summed E-state index contributed by atoms with van der Waals surface area (Å²) in [5, 5.41) is 3.27. The molecule has 2 aromatic carbocycles. The monoisotopic (exact) mass is 344 g/mol. The van der Waals surface area contributed by atoms with Gasteiger partial charge in [-0.05, 0) is 36.4 Å². The molecule has 0 radical (unpaired) electrons. The number of anilines is 2. The number of rotatable bonds is 4. The SMILES string of the molecule is COc1ccc(N2CC(C(=O)Nc3ccccc3Cl)CC2=O)cc1. The number of methoxy groups -OCH3 is 1. The summed E-state index contributed by atoms with van der Waals surface area (Å²) in [6.45, 7) is 0.349. The lowest BCUT2D eigenvalue weighted by Gasteiger charge is -2.17. The minimum atomic E-state index is -0.407. The summed E-state index contributed by atoms with van der Waals surface area (Å²) in [6.07, 6.45) is 0.183. The van der Waals surface area contributed by atoms with E-state index in [9.17, 15) is 9.59 Å². The van der Waals surface area contributed by atoms with Crippen LogP contribution in [0.25, 0.3) is 0 Å². The van der Waals surface area contributed by atoms with Gasteiger partial charge in [-0.2, -0.15) is 0 Å². The maximum Gasteiger partial charge on any atom is 0.229 e. The first kappa shape index (κ1) is 16.3. The standard InChI is InChI=1S/C18H17ClN2O3/c1-24-14-8-6-13(7-9-14)21-11-12(10-17(21)22)18(23)20-16-5-3-2-4-15(16)19/h2-9,12H,10-11H2,1H3,(H,20,23). The topological polar surface area (TPSA) is 58.6 Å². The Morgan fingerprint density at radius 3 is 2.58 bits per heavy atom. The van der Waals surface area contributed by atoms with Crippen LogP contribution in [0, 0.1) is 5.92 Å². The van der Waals surface area contributed by atoms with Gasteiger partial charge in [0.25, 0.3) is 0 Å². The molecular weight excluding hydrogens is 328 g/mol. The van der Waals surface area contributed by atoms with Gasteiger partial charge in [0.05, 0.1) is 23.7 Å². The summed E-state index contributed by atoms with van der Waals surface area (Å²) in [7, 11) is 1.59. The molecule has 0 aliphatic carbocycles. The summed E-state index contributed by atoms with van der Waals surface area (Å²) in [5.74, 6) is 0.0428. The summed E-state index contributed by atoms with van der Waals surface area (Å²) in [4.78, 5) is 26.3. The first-order valence-corrected chi connectivity index (χ1v) is 7.96. The Hall–Kier alpha value is -2.53. The third-order valence-corrected chi connectivity index (χ3v) is 4.34. The Kier molecular flexibility index (Phi) is 4.71. The number of hydrogen-bond acceptors (Lipinski definition) is 3. The molecule has 24 heavy (non-hydrogen) atoms. The van der Waals surface area contributed by atoms with Crippen LogP contribution >= 0.6 is 11.6 Å². The molecule has 1 fully saturated rings. The molecule has 0 spiro atoms. The fourth-order valence-corrected chi connectivity index (χ4v) is 2.88. The Morgan fingerprint density at radius 2 is 1.92 bits per heavy atom. The fourth-order valence-electron chi connectivity index (χ4n) is 2.69. The predicted molar refractivity (Wildman–Crippen MR) is 93.5 cm³/mol. The van der Waals surface area contributed by atoms with Crippen molar-refractivity contribution in [1.82, 2.24) is 0 Å². The van der Waals surface area contributed by atoms with E-state index in [1.165, 1.54) is 0 Å². The molecule has 3 rings (SSSR count). The van der Waals surface area contributed by atoms with Crippen molar-refractivity contribution in [2.75, 3.05) is 23.9 Å². The molecule has 0 bridgehead atoms. The zero-order valence-electron chi connectivity index (χ0n) is 13.2. The molecule has 1 aliphatic heterocycles. The number of benzene rings is 2. The van der Waals surface area contributed by atoms with Crippen molar-refractivity contribution in [3.8, 4) is 5.75 Å². The number of carbonyl (C=O) groups excluding carboxylic acids is 2. The second kappa shape index (κ2) is 6.93. The molecule has 2 amide bonds. The molecule has 0 saturated carbocycles. The highest BCUT2D eigenvalue weighted by atomic mass is 35.5. The average molecular weight is 345 g/mol. The van der Waals surface area contributed by atoms with Crippen LogP contribution < -0.4 is 15.0 Å². The molecule has 1 aliphatic rings. The Bertz CT molecular complexity index is 761. The molecule has 1 saturated heterocycles. The van der Waals surface area contributed by atoms with Crippen molar-refractivity contribution in [3.63, 3.8) is 0 Å². The van der Waals surface area contributed by atoms with Gasteiger partial charge < -0.3 is 15.0 Å². The highest BCUT2D eigenvalue weighted by Gasteiger charge is 2.35. The maximum atomic E-state index is 12.4. The van der Waals surface area contributed by atoms with Crippen molar-refractivity contribution in [2.45, 2.75) is 6.42 Å². The van der Waals surface area contributed by atoms with Crippen LogP contribution in [0.2, 0.25) is 5.02 Å². The van der Waals surface area contributed by atoms with Gasteiger partial charge >= 0.3 is 0 Å². The first-order chi connectivity index (χ1) is 11.6. The number of hydrogen-bond donors (Lipinski definition) is 1. The number of ether oxygens (including phenoxy) is 1. The van der Waals surface area contributed by atoms with Gasteiger partial charge in [-0.3, -0.25) is 9.59 Å². The van der Waals surface area contributed by atoms with Crippen LogP contribution in [0.15, 0.2) is 48.5 Å². The number of carbonyl (C=O) groups is 2. The van der Waals surface area contributed by atoms with Crippen molar-refractivity contribution >= 4 is 34.8 Å². The molecule has 5 nitrogen and oxygen atoms in total. The molecule has 1 heterocycles. The van der Waals surface area contributed by atoms with Crippen LogP contribution in [0.3, 0.4) is 0 Å². The Labute approximate surface area is 145 Å². The quantitative estimate of drug-likeness (QED) is 0.925. The average Bonchev–Trinajstić information content (AvgIpc) is 2.99. The molecule has 1 N–H and O–H groups in total. The number of amides is 2. The van der Waals surface area contributed by atoms with Crippen LogP contribution in [-0.2, 0) is 9.59 Å². The maximum absolute atomic E-state index is 12.4. The Morgan fingerprint density at radius 1 is 1.21 bits per heavy atom. The third-order valence-electron chi connectivity index (χ3n) is 4.01. The molecule has 1 atom stereocenters. The van der Waals surface area contributed by atoms with Crippen LogP contribution in [0.5, 0.6) is 5.75 Å². The first-order valence-electron chi connectivity index (χ1n) is 7.58. The predicted octanol–water partition coefficient (Wildman–Crippen LogP) is 3.34. The lowest BCUT2D eigenvalue weighted by atomic mass is 10.1. The van der Waals surface area contributed by atoms with Gasteiger partial charge in [0, 0.05) is 18.7 Å². The molecule has 6 heteroatoms. The number of nitrogens with one attached hydrogen (secondary N) is 1. The minimum absolute atomic E-state index is 0.0699. The van der Waals surface area contributed by atoms with Crippen LogP contribution in [0.4, 0.5) is 11.4 Å². The van der Waals surface area contributed by atoms with E-state index < -0.39 is 5.92 Å². The van der Waals surface area contributed by atoms with Gasteiger partial charge in [-0.1, -0.05) is 23.7 Å². The summed E-state index contributed by atoms with van der Waals surface area (Å²) >= 11 is 6.05. The highest BCUT2D eigenvalue weighted by molar-refractivity contribution is 6.33. The second-order valence-electron chi connectivity index (χ2n) is 5.57. The van der Waals surface area contributed by atoms with E-state index in [4.69, 9.17) is 16.3 Å². The number of para-hydroxylation sites is 1. The van der Waals surface area contributed by atoms with Gasteiger partial charge in [0.2, 0.25) is 11.8 Å². The largest absolute Gasteiger partial charge is 0.497 e. The molecular formula is C18H17ClN2O3. The zero-order chi connectivity index (χ0) is 17.1. The van der Waals surface area contributed by atoms with Gasteiger partial charge in [-0.25, -0.2) is 0 Å². The lowest BCUT2D eigenvalue weighted by Crippen LogP contribution is -2.28. The molecule has 124 valence electrons. The van der Waals surface area contributed by atoms with Crippen LogP contribution in [0.1, 0.15) is 6.42 Å². The normalized spacial score (nSPS) is 17.0. The van der Waals surface area contributed by atoms with E-state index in [0.29, 0.717) is 17.3 Å². The summed E-state index contributed by atoms with van der Waals surface area (Å²) in [5.41, 5.74) is 1.31. The van der Waals surface area contributed by atoms with Crippen molar-refractivity contribution < 1.29 is 14.3 Å². The van der Waals surface area contributed by atoms with Gasteiger partial charge in [0.15, 0.2) is 0 Å². The molecule has 2 aromatic rings. The summed E-state index contributed by atoms with van der Waals surface area (Å²) < 4.78 is 5.12. The van der Waals surface area contributed by atoms with E-state index >= 15 is 0 Å². The van der Waals surface area contributed by atoms with E-state index in [1.807, 2.05) is 12.1 Å². The zero-order valence-corrected chi connectivity index (χ0v) is 13.9. The van der Waals surface area contributed by atoms with E-state index in [2.05, 4.69) is 5.32 Å². The minimum Gasteiger partial charge on any atom is -0.497 e. The Balaban J connectivity index is 1.69. The smallest absolute Gasteiger partial charge is 0.229 e. The number of halogens is 1. The van der Waals surface area contributed by atoms with Crippen molar-refractivity contribution in [2.24, 2.45) is 5.92 Å². The fraction of sp³-hybridized carbons (Fsp3) is 0.222. The van der Waals surface area contributed by atoms with E-state index in [1.54, 1.807) is 48.4 Å². The van der Waals surface area contributed by atoms with Gasteiger partial charge in [0.1, 0.15) is 5.75 Å². The van der Waals surface area contributed by atoms with E-state index in [0.717, 1.165) is 11.4 Å². The third kappa shape index (κ3) is 3.36. The molecule has 0 aromatic heterocycles. The highest BCUT2D eigenvalue weighted by Crippen LogP contribution is 2.28. The molecule has 1 unspecified atom stereocenters. The van der Waals surface area contributed by atoms with E-state index in [-0.39, 0.29) is 18.2 Å². The van der Waals surface area contributed by atoms with Gasteiger partial charge in [-0.15, -0.1) is 0 Å².